The molecule has 0 radical (unpaired) electrons. The van der Waals surface area contributed by atoms with E-state index in [0.29, 0.717) is 11.3 Å². The van der Waals surface area contributed by atoms with Crippen molar-refractivity contribution in [3.8, 4) is 16.9 Å². The average Bonchev–Trinajstić information content (AvgIpc) is 2.65. The summed E-state index contributed by atoms with van der Waals surface area (Å²) >= 11 is 0. The highest BCUT2D eigenvalue weighted by Gasteiger charge is 2.11. The van der Waals surface area contributed by atoms with Gasteiger partial charge >= 0.3 is 5.97 Å². The Morgan fingerprint density at radius 2 is 1.88 bits per heavy atom. The SMILES string of the molecule is C=C(C)C(=O)OCc1cc(OCCO)ccc1-c1ccc(CCC)cc1. The Labute approximate surface area is 155 Å². The molecular weight excluding hydrogens is 328 g/mol. The molecule has 1 N–H and O–H groups in total. The van der Waals surface area contributed by atoms with Gasteiger partial charge in [-0.3, -0.25) is 0 Å². The first kappa shape index (κ1) is 19.7. The normalized spacial score (nSPS) is 10.4. The maximum Gasteiger partial charge on any atom is 0.333 e. The quantitative estimate of drug-likeness (QED) is 0.539. The zero-order chi connectivity index (χ0) is 18.9. The highest BCUT2D eigenvalue weighted by molar-refractivity contribution is 5.87. The Morgan fingerprint density at radius 3 is 2.50 bits per heavy atom. The molecule has 0 aliphatic heterocycles. The van der Waals surface area contributed by atoms with Crippen molar-refractivity contribution < 1.29 is 19.4 Å². The van der Waals surface area contributed by atoms with Crippen molar-refractivity contribution in [2.24, 2.45) is 0 Å². The Morgan fingerprint density at radius 1 is 1.15 bits per heavy atom. The lowest BCUT2D eigenvalue weighted by Crippen LogP contribution is -2.07. The molecule has 0 heterocycles. The molecule has 0 spiro atoms. The van der Waals surface area contributed by atoms with Crippen LogP contribution >= 0.6 is 0 Å². The molecule has 0 aliphatic rings. The van der Waals surface area contributed by atoms with E-state index >= 15 is 0 Å². The molecule has 4 heteroatoms. The van der Waals surface area contributed by atoms with Gasteiger partial charge in [-0.25, -0.2) is 4.79 Å². The molecule has 0 unspecified atom stereocenters. The predicted molar refractivity (Wildman–Crippen MR) is 103 cm³/mol. The summed E-state index contributed by atoms with van der Waals surface area (Å²) in [5.74, 6) is 0.211. The van der Waals surface area contributed by atoms with E-state index in [9.17, 15) is 4.79 Å². The summed E-state index contributed by atoms with van der Waals surface area (Å²) in [4.78, 5) is 11.8. The number of aliphatic hydroxyl groups excluding tert-OH is 1. The lowest BCUT2D eigenvalue weighted by Gasteiger charge is -2.14. The van der Waals surface area contributed by atoms with E-state index in [1.54, 1.807) is 6.92 Å². The zero-order valence-corrected chi connectivity index (χ0v) is 15.5. The third-order valence-electron chi connectivity index (χ3n) is 3.95. The summed E-state index contributed by atoms with van der Waals surface area (Å²) in [6.07, 6.45) is 2.16. The maximum absolute atomic E-state index is 11.8. The van der Waals surface area contributed by atoms with E-state index in [2.05, 4.69) is 37.8 Å². The van der Waals surface area contributed by atoms with Gasteiger partial charge in [-0.1, -0.05) is 50.3 Å². The highest BCUT2D eigenvalue weighted by atomic mass is 16.5. The van der Waals surface area contributed by atoms with Crippen LogP contribution < -0.4 is 4.74 Å². The van der Waals surface area contributed by atoms with Crippen molar-refractivity contribution >= 4 is 5.97 Å². The van der Waals surface area contributed by atoms with E-state index in [-0.39, 0.29) is 19.8 Å². The fourth-order valence-electron chi connectivity index (χ4n) is 2.63. The lowest BCUT2D eigenvalue weighted by atomic mass is 9.98. The zero-order valence-electron chi connectivity index (χ0n) is 15.5. The minimum atomic E-state index is -0.420. The molecule has 0 aromatic heterocycles. The molecule has 2 aromatic rings. The Bertz CT molecular complexity index is 747. The molecule has 0 saturated heterocycles. The fourth-order valence-corrected chi connectivity index (χ4v) is 2.63. The molecule has 4 nitrogen and oxygen atoms in total. The van der Waals surface area contributed by atoms with Gasteiger partial charge in [-0.05, 0) is 42.2 Å². The highest BCUT2D eigenvalue weighted by Crippen LogP contribution is 2.29. The van der Waals surface area contributed by atoms with E-state index in [1.165, 1.54) is 5.56 Å². The number of hydrogen-bond acceptors (Lipinski definition) is 4. The van der Waals surface area contributed by atoms with Crippen molar-refractivity contribution in [1.29, 1.82) is 0 Å². The minimum absolute atomic E-state index is 0.0549. The third-order valence-corrected chi connectivity index (χ3v) is 3.95. The molecular formula is C22H26O4. The average molecular weight is 354 g/mol. The monoisotopic (exact) mass is 354 g/mol. The van der Waals surface area contributed by atoms with Crippen LogP contribution in [0.5, 0.6) is 5.75 Å². The van der Waals surface area contributed by atoms with Crippen LogP contribution in [0.3, 0.4) is 0 Å². The van der Waals surface area contributed by atoms with Crippen molar-refractivity contribution in [3.63, 3.8) is 0 Å². The summed E-state index contributed by atoms with van der Waals surface area (Å²) in [6, 6.07) is 14.1. The number of aliphatic hydroxyl groups is 1. The second-order valence-electron chi connectivity index (χ2n) is 6.19. The first-order valence-corrected chi connectivity index (χ1v) is 8.83. The number of benzene rings is 2. The number of rotatable bonds is 9. The summed E-state index contributed by atoms with van der Waals surface area (Å²) < 4.78 is 10.8. The standard InChI is InChI=1S/C22H26O4/c1-4-5-17-6-8-18(9-7-17)21-11-10-20(25-13-12-23)14-19(21)15-26-22(24)16(2)3/h6-11,14,23H,2,4-5,12-13,15H2,1,3H3. The third kappa shape index (κ3) is 5.46. The second-order valence-corrected chi connectivity index (χ2v) is 6.19. The van der Waals surface area contributed by atoms with Crippen LogP contribution in [0.25, 0.3) is 11.1 Å². The van der Waals surface area contributed by atoms with E-state index in [1.807, 2.05) is 18.2 Å². The molecule has 0 atom stereocenters. The smallest absolute Gasteiger partial charge is 0.333 e. The molecule has 0 aliphatic carbocycles. The fraction of sp³-hybridized carbons (Fsp3) is 0.318. The topological polar surface area (TPSA) is 55.8 Å². The largest absolute Gasteiger partial charge is 0.491 e. The van der Waals surface area contributed by atoms with Gasteiger partial charge in [0.05, 0.1) is 6.61 Å². The van der Waals surface area contributed by atoms with Crippen LogP contribution in [0.2, 0.25) is 0 Å². The van der Waals surface area contributed by atoms with Crippen LogP contribution in [0, 0.1) is 0 Å². The van der Waals surface area contributed by atoms with Gasteiger partial charge < -0.3 is 14.6 Å². The molecule has 2 aromatic carbocycles. The van der Waals surface area contributed by atoms with Gasteiger partial charge in [0.15, 0.2) is 0 Å². The van der Waals surface area contributed by atoms with Crippen LogP contribution in [-0.4, -0.2) is 24.3 Å². The summed E-state index contributed by atoms with van der Waals surface area (Å²) in [6.45, 7) is 7.68. The summed E-state index contributed by atoms with van der Waals surface area (Å²) in [7, 11) is 0. The molecule has 2 rings (SSSR count). The van der Waals surface area contributed by atoms with E-state index < -0.39 is 5.97 Å². The summed E-state index contributed by atoms with van der Waals surface area (Å²) in [5, 5.41) is 8.93. The van der Waals surface area contributed by atoms with E-state index in [4.69, 9.17) is 14.6 Å². The van der Waals surface area contributed by atoms with Gasteiger partial charge in [0.1, 0.15) is 19.0 Å². The van der Waals surface area contributed by atoms with Gasteiger partial charge in [-0.15, -0.1) is 0 Å². The van der Waals surface area contributed by atoms with Crippen LogP contribution in [0.4, 0.5) is 0 Å². The molecule has 0 fully saturated rings. The Hall–Kier alpha value is -2.59. The summed E-state index contributed by atoms with van der Waals surface area (Å²) in [5.41, 5.74) is 4.55. The Kier molecular flexibility index (Phi) is 7.42. The molecule has 26 heavy (non-hydrogen) atoms. The number of esters is 1. The van der Waals surface area contributed by atoms with Crippen LogP contribution in [0.15, 0.2) is 54.6 Å². The van der Waals surface area contributed by atoms with Crippen molar-refractivity contribution in [3.05, 3.63) is 65.7 Å². The van der Waals surface area contributed by atoms with Gasteiger partial charge in [0.2, 0.25) is 0 Å². The van der Waals surface area contributed by atoms with Crippen molar-refractivity contribution in [2.75, 3.05) is 13.2 Å². The number of carbonyl (C=O) groups excluding carboxylic acids is 1. The molecule has 0 bridgehead atoms. The van der Waals surface area contributed by atoms with Gasteiger partial charge in [-0.2, -0.15) is 0 Å². The molecule has 138 valence electrons. The van der Waals surface area contributed by atoms with Crippen LogP contribution in [0.1, 0.15) is 31.4 Å². The maximum atomic E-state index is 11.8. The first-order valence-electron chi connectivity index (χ1n) is 8.83. The number of aryl methyl sites for hydroxylation is 1. The number of ether oxygens (including phenoxy) is 2. The second kappa shape index (κ2) is 9.78. The molecule has 0 amide bonds. The van der Waals surface area contributed by atoms with E-state index in [0.717, 1.165) is 29.5 Å². The van der Waals surface area contributed by atoms with Crippen molar-refractivity contribution in [2.45, 2.75) is 33.3 Å². The van der Waals surface area contributed by atoms with Gasteiger partial charge in [0.25, 0.3) is 0 Å². The minimum Gasteiger partial charge on any atom is -0.491 e. The first-order chi connectivity index (χ1) is 12.5. The number of hydrogen-bond donors (Lipinski definition) is 1. The predicted octanol–water partition coefficient (Wildman–Crippen LogP) is 4.30. The Balaban J connectivity index is 2.30. The van der Waals surface area contributed by atoms with Gasteiger partial charge in [0, 0.05) is 11.1 Å². The lowest BCUT2D eigenvalue weighted by molar-refractivity contribution is -0.140. The molecule has 0 saturated carbocycles. The van der Waals surface area contributed by atoms with Crippen LogP contribution in [-0.2, 0) is 22.6 Å². The number of carbonyl (C=O) groups is 1. The van der Waals surface area contributed by atoms with Crippen molar-refractivity contribution in [1.82, 2.24) is 0 Å².